The highest BCUT2D eigenvalue weighted by atomic mass is 32.2. The van der Waals surface area contributed by atoms with Gasteiger partial charge in [0.1, 0.15) is 5.92 Å². The molecule has 1 atom stereocenters. The molecule has 0 aromatic heterocycles. The summed E-state index contributed by atoms with van der Waals surface area (Å²) in [6, 6.07) is 7.68. The van der Waals surface area contributed by atoms with Crippen LogP contribution in [0.2, 0.25) is 0 Å². The second-order valence-electron chi connectivity index (χ2n) is 5.52. The number of hydrogen-bond donors (Lipinski definition) is 0. The molecule has 0 radical (unpaired) electrons. The molecule has 0 N–H and O–H groups in total. The van der Waals surface area contributed by atoms with E-state index in [1.165, 1.54) is 24.3 Å². The van der Waals surface area contributed by atoms with E-state index < -0.39 is 39.1 Å². The van der Waals surface area contributed by atoms with Crippen LogP contribution in [0.3, 0.4) is 0 Å². The number of halogens is 2. The van der Waals surface area contributed by atoms with Crippen LogP contribution >= 0.6 is 0 Å². The molecule has 8 heteroatoms. The summed E-state index contributed by atoms with van der Waals surface area (Å²) in [5, 5.41) is 0. The smallest absolute Gasteiger partial charge is 0.321 e. The minimum Gasteiger partial charge on any atom is -0.465 e. The number of esters is 1. The van der Waals surface area contributed by atoms with Crippen molar-refractivity contribution in [1.29, 1.82) is 0 Å². The fraction of sp³-hybridized carbons (Fsp3) is 0.222. The number of hydrogen-bond acceptors (Lipinski definition) is 5. The molecule has 0 amide bonds. The Bertz CT molecular complexity index is 937. The molecule has 0 aliphatic carbocycles. The van der Waals surface area contributed by atoms with Crippen LogP contribution in [0.25, 0.3) is 0 Å². The van der Waals surface area contributed by atoms with Gasteiger partial charge in [0.15, 0.2) is 27.3 Å². The Kier molecular flexibility index (Phi) is 5.86. The Balaban J connectivity index is 2.46. The standard InChI is InChI=1S/C18H16F2O5S/c1-3-25-18(22)16(12-6-9-14(19)15(20)10-12)17(21)11-4-7-13(8-5-11)26(2,23)24/h4-10,16H,3H2,1-2H3. The number of carbonyl (C=O) groups is 2. The van der Waals surface area contributed by atoms with Crippen LogP contribution in [0.4, 0.5) is 8.78 Å². The van der Waals surface area contributed by atoms with E-state index in [-0.39, 0.29) is 22.6 Å². The summed E-state index contributed by atoms with van der Waals surface area (Å²) < 4.78 is 54.6. The van der Waals surface area contributed by atoms with E-state index in [4.69, 9.17) is 4.74 Å². The van der Waals surface area contributed by atoms with Crippen molar-refractivity contribution in [2.45, 2.75) is 17.7 Å². The molecule has 26 heavy (non-hydrogen) atoms. The van der Waals surface area contributed by atoms with Crippen LogP contribution < -0.4 is 0 Å². The van der Waals surface area contributed by atoms with Crippen molar-refractivity contribution < 1.29 is 31.5 Å². The molecule has 138 valence electrons. The third-order valence-corrected chi connectivity index (χ3v) is 4.76. The summed E-state index contributed by atoms with van der Waals surface area (Å²) >= 11 is 0. The Morgan fingerprint density at radius 3 is 2.15 bits per heavy atom. The lowest BCUT2D eigenvalue weighted by atomic mass is 9.90. The molecule has 2 aromatic rings. The van der Waals surface area contributed by atoms with Gasteiger partial charge in [-0.1, -0.05) is 18.2 Å². The van der Waals surface area contributed by atoms with Crippen molar-refractivity contribution in [3.8, 4) is 0 Å². The number of carbonyl (C=O) groups excluding carboxylic acids is 2. The lowest BCUT2D eigenvalue weighted by Gasteiger charge is -2.15. The first-order valence-corrected chi connectivity index (χ1v) is 9.50. The van der Waals surface area contributed by atoms with Gasteiger partial charge in [-0.2, -0.15) is 0 Å². The zero-order valence-electron chi connectivity index (χ0n) is 14.0. The molecule has 0 bridgehead atoms. The van der Waals surface area contributed by atoms with E-state index in [0.717, 1.165) is 24.5 Å². The molecule has 0 saturated carbocycles. The van der Waals surface area contributed by atoms with Gasteiger partial charge >= 0.3 is 5.97 Å². The largest absolute Gasteiger partial charge is 0.465 e. The number of ether oxygens (including phenoxy) is 1. The maximum Gasteiger partial charge on any atom is 0.321 e. The maximum atomic E-state index is 13.5. The highest BCUT2D eigenvalue weighted by molar-refractivity contribution is 7.90. The highest BCUT2D eigenvalue weighted by Gasteiger charge is 2.31. The summed E-state index contributed by atoms with van der Waals surface area (Å²) in [4.78, 5) is 25.0. The topological polar surface area (TPSA) is 77.5 Å². The van der Waals surface area contributed by atoms with Crippen molar-refractivity contribution >= 4 is 21.6 Å². The number of benzene rings is 2. The van der Waals surface area contributed by atoms with Crippen molar-refractivity contribution in [2.24, 2.45) is 0 Å². The Hall–Kier alpha value is -2.61. The van der Waals surface area contributed by atoms with Gasteiger partial charge < -0.3 is 4.74 Å². The predicted octanol–water partition coefficient (Wildman–Crippen LogP) is 2.90. The second-order valence-corrected chi connectivity index (χ2v) is 7.54. The zero-order valence-corrected chi connectivity index (χ0v) is 14.8. The fourth-order valence-corrected chi connectivity index (χ4v) is 2.98. The van der Waals surface area contributed by atoms with Gasteiger partial charge in [-0.05, 0) is 36.8 Å². The molecule has 2 aromatic carbocycles. The Morgan fingerprint density at radius 1 is 1.04 bits per heavy atom. The van der Waals surface area contributed by atoms with E-state index >= 15 is 0 Å². The minimum atomic E-state index is -3.45. The second kappa shape index (κ2) is 7.74. The first kappa shape index (κ1) is 19.7. The normalized spacial score (nSPS) is 12.5. The van der Waals surface area contributed by atoms with Crippen molar-refractivity contribution in [1.82, 2.24) is 0 Å². The number of rotatable bonds is 6. The van der Waals surface area contributed by atoms with Gasteiger partial charge in [0, 0.05) is 11.8 Å². The van der Waals surface area contributed by atoms with E-state index in [1.807, 2.05) is 0 Å². The zero-order chi connectivity index (χ0) is 19.5. The van der Waals surface area contributed by atoms with Crippen LogP contribution in [0.5, 0.6) is 0 Å². The molecule has 0 aliphatic heterocycles. The van der Waals surface area contributed by atoms with Crippen molar-refractivity contribution in [2.75, 3.05) is 12.9 Å². The lowest BCUT2D eigenvalue weighted by Crippen LogP contribution is -2.24. The number of ketones is 1. The average Bonchev–Trinajstić information content (AvgIpc) is 2.58. The van der Waals surface area contributed by atoms with Crippen LogP contribution in [0.15, 0.2) is 47.4 Å². The summed E-state index contributed by atoms with van der Waals surface area (Å²) in [5.41, 5.74) is -0.0141. The van der Waals surface area contributed by atoms with Crippen LogP contribution in [0, 0.1) is 11.6 Å². The van der Waals surface area contributed by atoms with Gasteiger partial charge in [-0.15, -0.1) is 0 Å². The molecular formula is C18H16F2O5S. The van der Waals surface area contributed by atoms with Gasteiger partial charge in [0.05, 0.1) is 11.5 Å². The van der Waals surface area contributed by atoms with E-state index in [9.17, 15) is 26.8 Å². The number of Topliss-reactive ketones (excluding diaryl/α,β-unsaturated/α-hetero) is 1. The Morgan fingerprint density at radius 2 is 1.65 bits per heavy atom. The van der Waals surface area contributed by atoms with Crippen LogP contribution in [0.1, 0.15) is 28.8 Å². The van der Waals surface area contributed by atoms with Crippen LogP contribution in [-0.4, -0.2) is 33.0 Å². The first-order chi connectivity index (χ1) is 12.1. The molecule has 0 aliphatic rings. The monoisotopic (exact) mass is 382 g/mol. The molecule has 0 fully saturated rings. The minimum absolute atomic E-state index is 0.000688. The molecule has 0 heterocycles. The first-order valence-electron chi connectivity index (χ1n) is 7.61. The van der Waals surface area contributed by atoms with Crippen LogP contribution in [-0.2, 0) is 19.4 Å². The van der Waals surface area contributed by atoms with Crippen molar-refractivity contribution in [3.05, 3.63) is 65.2 Å². The molecule has 5 nitrogen and oxygen atoms in total. The van der Waals surface area contributed by atoms with E-state index in [2.05, 4.69) is 0 Å². The molecule has 1 unspecified atom stereocenters. The quantitative estimate of drug-likeness (QED) is 0.436. The average molecular weight is 382 g/mol. The fourth-order valence-electron chi connectivity index (χ4n) is 2.35. The third kappa shape index (κ3) is 4.32. The van der Waals surface area contributed by atoms with Gasteiger partial charge in [-0.3, -0.25) is 9.59 Å². The van der Waals surface area contributed by atoms with Gasteiger partial charge in [-0.25, -0.2) is 17.2 Å². The third-order valence-electron chi connectivity index (χ3n) is 3.63. The summed E-state index contributed by atoms with van der Waals surface area (Å²) in [5.74, 6) is -5.42. The lowest BCUT2D eigenvalue weighted by molar-refractivity contribution is -0.143. The SMILES string of the molecule is CCOC(=O)C(C(=O)c1ccc(S(C)(=O)=O)cc1)c1ccc(F)c(F)c1. The summed E-state index contributed by atoms with van der Waals surface area (Å²) in [7, 11) is -3.45. The van der Waals surface area contributed by atoms with Crippen molar-refractivity contribution in [3.63, 3.8) is 0 Å². The molecule has 2 rings (SSSR count). The molecular weight excluding hydrogens is 366 g/mol. The highest BCUT2D eigenvalue weighted by Crippen LogP contribution is 2.25. The summed E-state index contributed by atoms with van der Waals surface area (Å²) in [6.45, 7) is 1.55. The van der Waals surface area contributed by atoms with Gasteiger partial charge in [0.2, 0.25) is 0 Å². The molecule has 0 saturated heterocycles. The van der Waals surface area contributed by atoms with E-state index in [1.54, 1.807) is 6.92 Å². The van der Waals surface area contributed by atoms with Gasteiger partial charge in [0.25, 0.3) is 0 Å². The molecule has 0 spiro atoms. The summed E-state index contributed by atoms with van der Waals surface area (Å²) in [6.07, 6.45) is 1.02. The Labute approximate surface area is 149 Å². The van der Waals surface area contributed by atoms with E-state index in [0.29, 0.717) is 0 Å². The maximum absolute atomic E-state index is 13.5. The predicted molar refractivity (Wildman–Crippen MR) is 89.6 cm³/mol. The number of sulfone groups is 1.